The third-order valence-corrected chi connectivity index (χ3v) is 4.75. The number of phenolic OH excluding ortho intramolecular Hbond substituents is 1. The number of hydrogen-bond donors (Lipinski definition) is 2. The number of nitrogens with zero attached hydrogens (tertiary/aromatic N) is 2. The topological polar surface area (TPSA) is 85.6 Å². The lowest BCUT2D eigenvalue weighted by atomic mass is 9.94. The Balaban J connectivity index is 2.00. The number of ether oxygens (including phenoxy) is 2. The molecule has 4 rings (SSSR count). The van der Waals surface area contributed by atoms with Gasteiger partial charge in [-0.05, 0) is 36.8 Å². The van der Waals surface area contributed by atoms with Gasteiger partial charge in [-0.25, -0.2) is 9.78 Å². The van der Waals surface area contributed by atoms with Crippen molar-refractivity contribution in [3.8, 4) is 11.5 Å². The molecule has 2 aromatic carbocycles. The molecule has 1 unspecified atom stereocenters. The maximum Gasteiger partial charge on any atom is 0.337 e. The zero-order valence-electron chi connectivity index (χ0n) is 15.2. The van der Waals surface area contributed by atoms with Gasteiger partial charge in [-0.2, -0.15) is 0 Å². The van der Waals surface area contributed by atoms with Crippen molar-refractivity contribution in [2.75, 3.05) is 19.5 Å². The maximum atomic E-state index is 12.6. The van der Waals surface area contributed by atoms with Crippen LogP contribution in [-0.4, -0.2) is 34.8 Å². The Kier molecular flexibility index (Phi) is 3.99. The van der Waals surface area contributed by atoms with E-state index in [1.165, 1.54) is 14.2 Å². The molecular formula is C20H19N3O4. The van der Waals surface area contributed by atoms with Gasteiger partial charge in [-0.15, -0.1) is 0 Å². The van der Waals surface area contributed by atoms with Crippen LogP contribution in [0, 0.1) is 0 Å². The summed E-state index contributed by atoms with van der Waals surface area (Å²) < 4.78 is 12.1. The van der Waals surface area contributed by atoms with E-state index in [0.29, 0.717) is 23.0 Å². The third-order valence-electron chi connectivity index (χ3n) is 4.75. The summed E-state index contributed by atoms with van der Waals surface area (Å²) >= 11 is 0. The number of phenols is 1. The average molecular weight is 365 g/mol. The number of carbonyl (C=O) groups excluding carboxylic acids is 1. The minimum absolute atomic E-state index is 0.00127. The fourth-order valence-electron chi connectivity index (χ4n) is 3.53. The van der Waals surface area contributed by atoms with E-state index in [4.69, 9.17) is 9.47 Å². The number of aromatic hydroxyl groups is 1. The number of rotatable bonds is 3. The molecule has 2 N–H and O–H groups in total. The first-order valence-electron chi connectivity index (χ1n) is 8.45. The fraction of sp³-hybridized carbons (Fsp3) is 0.200. The molecule has 1 atom stereocenters. The predicted octanol–water partition coefficient (Wildman–Crippen LogP) is 3.21. The summed E-state index contributed by atoms with van der Waals surface area (Å²) in [6, 6.07) is 12.3. The summed E-state index contributed by atoms with van der Waals surface area (Å²) in [5, 5.41) is 13.5. The third kappa shape index (κ3) is 2.59. The highest BCUT2D eigenvalue weighted by atomic mass is 16.5. The van der Waals surface area contributed by atoms with Gasteiger partial charge < -0.3 is 19.9 Å². The Bertz CT molecular complexity index is 1080. The molecule has 7 heteroatoms. The van der Waals surface area contributed by atoms with Crippen LogP contribution in [0.1, 0.15) is 18.5 Å². The number of benzene rings is 2. The van der Waals surface area contributed by atoms with Crippen molar-refractivity contribution in [2.24, 2.45) is 0 Å². The summed E-state index contributed by atoms with van der Waals surface area (Å²) in [7, 11) is 2.84. The Morgan fingerprint density at radius 1 is 1.22 bits per heavy atom. The summed E-state index contributed by atoms with van der Waals surface area (Å²) in [6.45, 7) is 1.81. The van der Waals surface area contributed by atoms with Crippen molar-refractivity contribution in [3.05, 3.63) is 59.3 Å². The number of fused-ring (bicyclic) bond motifs is 3. The minimum atomic E-state index is -0.502. The molecule has 1 aliphatic rings. The highest BCUT2D eigenvalue weighted by Crippen LogP contribution is 2.41. The number of imidazole rings is 1. The van der Waals surface area contributed by atoms with E-state index in [2.05, 4.69) is 10.3 Å². The number of methoxy groups -OCH3 is 2. The van der Waals surface area contributed by atoms with Gasteiger partial charge in [0.1, 0.15) is 0 Å². The van der Waals surface area contributed by atoms with Gasteiger partial charge in [0.05, 0.1) is 36.9 Å². The molecule has 0 saturated carbocycles. The second-order valence-electron chi connectivity index (χ2n) is 6.28. The van der Waals surface area contributed by atoms with Gasteiger partial charge in [0.15, 0.2) is 11.5 Å². The number of hydrogen-bond acceptors (Lipinski definition) is 6. The quantitative estimate of drug-likeness (QED) is 0.693. The average Bonchev–Trinajstić information content (AvgIpc) is 3.04. The molecule has 0 radical (unpaired) electrons. The maximum absolute atomic E-state index is 12.6. The molecule has 2 heterocycles. The first-order chi connectivity index (χ1) is 13.0. The number of carbonyl (C=O) groups is 1. The number of para-hydroxylation sites is 2. The Hall–Kier alpha value is -3.48. The van der Waals surface area contributed by atoms with Crippen LogP contribution in [0.5, 0.6) is 11.5 Å². The van der Waals surface area contributed by atoms with Crippen LogP contribution >= 0.6 is 0 Å². The summed E-state index contributed by atoms with van der Waals surface area (Å²) in [4.78, 5) is 17.2. The summed E-state index contributed by atoms with van der Waals surface area (Å²) in [5.74, 6) is 0.551. The van der Waals surface area contributed by atoms with Crippen molar-refractivity contribution in [1.82, 2.24) is 9.55 Å². The van der Waals surface area contributed by atoms with Gasteiger partial charge in [-0.3, -0.25) is 4.57 Å². The molecule has 27 heavy (non-hydrogen) atoms. The van der Waals surface area contributed by atoms with E-state index < -0.39 is 12.0 Å². The van der Waals surface area contributed by atoms with Gasteiger partial charge in [0, 0.05) is 5.70 Å². The van der Waals surface area contributed by atoms with Crippen LogP contribution in [0.15, 0.2) is 53.7 Å². The van der Waals surface area contributed by atoms with E-state index >= 15 is 0 Å². The first kappa shape index (κ1) is 17.0. The molecule has 0 saturated heterocycles. The van der Waals surface area contributed by atoms with E-state index in [1.54, 1.807) is 12.1 Å². The molecule has 7 nitrogen and oxygen atoms in total. The second-order valence-corrected chi connectivity index (χ2v) is 6.28. The Labute approximate surface area is 155 Å². The normalized spacial score (nSPS) is 16.0. The number of esters is 1. The van der Waals surface area contributed by atoms with E-state index in [-0.39, 0.29) is 5.75 Å². The van der Waals surface area contributed by atoms with Crippen LogP contribution in [0.25, 0.3) is 11.0 Å². The number of allylic oxidation sites excluding steroid dienone is 1. The first-order valence-corrected chi connectivity index (χ1v) is 8.45. The van der Waals surface area contributed by atoms with Crippen LogP contribution < -0.4 is 10.1 Å². The predicted molar refractivity (Wildman–Crippen MR) is 101 cm³/mol. The van der Waals surface area contributed by atoms with E-state index in [9.17, 15) is 9.90 Å². The lowest BCUT2D eigenvalue weighted by Crippen LogP contribution is -2.28. The molecule has 0 aliphatic carbocycles. The van der Waals surface area contributed by atoms with Crippen molar-refractivity contribution in [2.45, 2.75) is 13.0 Å². The van der Waals surface area contributed by atoms with E-state index in [0.717, 1.165) is 16.6 Å². The van der Waals surface area contributed by atoms with Crippen LogP contribution in [0.4, 0.5) is 5.95 Å². The molecule has 0 fully saturated rings. The van der Waals surface area contributed by atoms with Crippen LogP contribution in [0.3, 0.4) is 0 Å². The highest BCUT2D eigenvalue weighted by Gasteiger charge is 2.35. The second kappa shape index (κ2) is 6.35. The molecule has 1 aliphatic heterocycles. The monoisotopic (exact) mass is 365 g/mol. The SMILES string of the molecule is COC(=O)C1=C(C)Nc2nc3ccccc3n2C1c1ccc(OC)c(O)c1. The lowest BCUT2D eigenvalue weighted by Gasteiger charge is -2.30. The molecule has 1 aromatic heterocycles. The number of aromatic nitrogens is 2. The zero-order chi connectivity index (χ0) is 19.1. The number of anilines is 1. The smallest absolute Gasteiger partial charge is 0.337 e. The lowest BCUT2D eigenvalue weighted by molar-refractivity contribution is -0.136. The molecular weight excluding hydrogens is 346 g/mol. The standard InChI is InChI=1S/C20H19N3O4/c1-11-17(19(25)27-3)18(12-8-9-16(26-2)15(24)10-12)23-14-7-5-4-6-13(14)22-20(23)21-11/h4-10,18,24H,1-3H3,(H,21,22). The fourth-order valence-corrected chi connectivity index (χ4v) is 3.53. The number of nitrogens with one attached hydrogen (secondary N) is 1. The van der Waals surface area contributed by atoms with E-state index in [1.807, 2.05) is 41.8 Å². The molecule has 138 valence electrons. The highest BCUT2D eigenvalue weighted by molar-refractivity contribution is 5.94. The van der Waals surface area contributed by atoms with Crippen molar-refractivity contribution in [3.63, 3.8) is 0 Å². The molecule has 0 bridgehead atoms. The van der Waals surface area contributed by atoms with Crippen LogP contribution in [0.2, 0.25) is 0 Å². The largest absolute Gasteiger partial charge is 0.504 e. The Morgan fingerprint density at radius 2 is 2.00 bits per heavy atom. The molecule has 3 aromatic rings. The van der Waals surface area contributed by atoms with Gasteiger partial charge in [-0.1, -0.05) is 18.2 Å². The minimum Gasteiger partial charge on any atom is -0.504 e. The van der Waals surface area contributed by atoms with Gasteiger partial charge in [0.2, 0.25) is 5.95 Å². The van der Waals surface area contributed by atoms with Crippen LogP contribution in [-0.2, 0) is 9.53 Å². The van der Waals surface area contributed by atoms with Gasteiger partial charge >= 0.3 is 5.97 Å². The summed E-state index contributed by atoms with van der Waals surface area (Å²) in [6.07, 6.45) is 0. The molecule has 0 amide bonds. The van der Waals surface area contributed by atoms with Crippen molar-refractivity contribution < 1.29 is 19.4 Å². The Morgan fingerprint density at radius 3 is 2.70 bits per heavy atom. The summed E-state index contributed by atoms with van der Waals surface area (Å²) in [5.41, 5.74) is 3.51. The van der Waals surface area contributed by atoms with Crippen molar-refractivity contribution in [1.29, 1.82) is 0 Å². The molecule has 0 spiro atoms. The van der Waals surface area contributed by atoms with Gasteiger partial charge in [0.25, 0.3) is 0 Å². The van der Waals surface area contributed by atoms with Crippen molar-refractivity contribution >= 4 is 23.0 Å². The zero-order valence-corrected chi connectivity index (χ0v) is 15.2.